The van der Waals surface area contributed by atoms with Crippen molar-refractivity contribution in [3.05, 3.63) is 35.4 Å². The van der Waals surface area contributed by atoms with Crippen molar-refractivity contribution in [3.8, 4) is 0 Å². The maximum atomic E-state index is 12.1. The van der Waals surface area contributed by atoms with Crippen molar-refractivity contribution >= 4 is 23.7 Å². The van der Waals surface area contributed by atoms with Gasteiger partial charge in [0.05, 0.1) is 5.56 Å². The summed E-state index contributed by atoms with van der Waals surface area (Å²) in [7, 11) is 0. The molecule has 5 heteroatoms. The number of esters is 2. The molecule has 2 atom stereocenters. The molecule has 1 saturated heterocycles. The largest absolute Gasteiger partial charge is 0.459 e. The Morgan fingerprint density at radius 1 is 1.40 bits per heavy atom. The molecule has 0 aromatic heterocycles. The zero-order valence-electron chi connectivity index (χ0n) is 11.2. The van der Waals surface area contributed by atoms with Crippen LogP contribution in [0.2, 0.25) is 0 Å². The molecule has 106 valence electrons. The third-order valence-corrected chi connectivity index (χ3v) is 4.52. The van der Waals surface area contributed by atoms with Crippen LogP contribution in [0.5, 0.6) is 0 Å². The lowest BCUT2D eigenvalue weighted by Gasteiger charge is -2.12. The fourth-order valence-corrected chi connectivity index (χ4v) is 3.15. The topological polar surface area (TPSA) is 52.6 Å². The SMILES string of the molecule is C[C@@H]1S[C@@H](Cc2ccccc2C(=O)OC2CC2)OC1=O. The number of thioether (sulfide) groups is 1. The predicted molar refractivity (Wildman–Crippen MR) is 75.5 cm³/mol. The van der Waals surface area contributed by atoms with E-state index in [1.54, 1.807) is 6.07 Å². The maximum Gasteiger partial charge on any atom is 0.338 e. The quantitative estimate of drug-likeness (QED) is 0.798. The lowest BCUT2D eigenvalue weighted by Crippen LogP contribution is -2.14. The molecule has 2 aliphatic rings. The summed E-state index contributed by atoms with van der Waals surface area (Å²) >= 11 is 1.49. The molecule has 3 rings (SSSR count). The summed E-state index contributed by atoms with van der Waals surface area (Å²) in [6.07, 6.45) is 2.55. The van der Waals surface area contributed by atoms with Gasteiger partial charge >= 0.3 is 11.9 Å². The molecule has 20 heavy (non-hydrogen) atoms. The highest BCUT2D eigenvalue weighted by Gasteiger charge is 2.33. The molecule has 0 amide bonds. The van der Waals surface area contributed by atoms with Crippen LogP contribution in [0.15, 0.2) is 24.3 Å². The van der Waals surface area contributed by atoms with Gasteiger partial charge in [0.2, 0.25) is 0 Å². The summed E-state index contributed by atoms with van der Waals surface area (Å²) in [5, 5.41) is -0.134. The standard InChI is InChI=1S/C15H16O4S/c1-9-14(16)19-13(20-9)8-10-4-2-3-5-12(10)15(17)18-11-6-7-11/h2-5,9,11,13H,6-8H2,1H3/t9-,13-/m0/s1. The van der Waals surface area contributed by atoms with Gasteiger partial charge < -0.3 is 9.47 Å². The van der Waals surface area contributed by atoms with Crippen molar-refractivity contribution in [2.45, 2.75) is 43.0 Å². The van der Waals surface area contributed by atoms with Crippen LogP contribution in [0, 0.1) is 0 Å². The Bertz CT molecular complexity index is 538. The number of rotatable bonds is 4. The molecule has 0 bridgehead atoms. The third-order valence-electron chi connectivity index (χ3n) is 3.36. The van der Waals surface area contributed by atoms with E-state index in [0.29, 0.717) is 12.0 Å². The van der Waals surface area contributed by atoms with Crippen LogP contribution in [0.1, 0.15) is 35.7 Å². The second-order valence-corrected chi connectivity index (χ2v) is 6.62. The molecule has 0 radical (unpaired) electrons. The van der Waals surface area contributed by atoms with Crippen molar-refractivity contribution < 1.29 is 19.1 Å². The number of cyclic esters (lactones) is 1. The molecule has 0 spiro atoms. The van der Waals surface area contributed by atoms with Gasteiger partial charge in [0.25, 0.3) is 0 Å². The highest BCUT2D eigenvalue weighted by molar-refractivity contribution is 8.01. The van der Waals surface area contributed by atoms with E-state index in [1.807, 2.05) is 25.1 Å². The van der Waals surface area contributed by atoms with Gasteiger partial charge in [-0.15, -0.1) is 11.8 Å². The summed E-state index contributed by atoms with van der Waals surface area (Å²) in [4.78, 5) is 23.5. The molecule has 1 aliphatic heterocycles. The van der Waals surface area contributed by atoms with Crippen molar-refractivity contribution in [1.82, 2.24) is 0 Å². The Labute approximate surface area is 121 Å². The summed E-state index contributed by atoms with van der Waals surface area (Å²) < 4.78 is 10.6. The van der Waals surface area contributed by atoms with E-state index in [0.717, 1.165) is 18.4 Å². The first-order chi connectivity index (χ1) is 9.63. The molecule has 1 aliphatic carbocycles. The van der Waals surface area contributed by atoms with E-state index in [4.69, 9.17) is 9.47 Å². The number of carbonyl (C=O) groups excluding carboxylic acids is 2. The average molecular weight is 292 g/mol. The fourth-order valence-electron chi connectivity index (χ4n) is 2.10. The third kappa shape index (κ3) is 2.98. The van der Waals surface area contributed by atoms with E-state index in [1.165, 1.54) is 11.8 Å². The minimum atomic E-state index is -0.273. The first-order valence-electron chi connectivity index (χ1n) is 6.78. The Hall–Kier alpha value is -1.49. The zero-order valence-corrected chi connectivity index (χ0v) is 12.0. The monoisotopic (exact) mass is 292 g/mol. The minimum absolute atomic E-state index is 0.0919. The number of ether oxygens (including phenoxy) is 2. The van der Waals surface area contributed by atoms with Crippen molar-refractivity contribution in [2.24, 2.45) is 0 Å². The maximum absolute atomic E-state index is 12.1. The van der Waals surface area contributed by atoms with Crippen LogP contribution >= 0.6 is 11.8 Å². The van der Waals surface area contributed by atoms with Gasteiger partial charge in [-0.05, 0) is 31.4 Å². The summed E-state index contributed by atoms with van der Waals surface area (Å²) in [5.74, 6) is -0.455. The van der Waals surface area contributed by atoms with Gasteiger partial charge in [-0.1, -0.05) is 18.2 Å². The van der Waals surface area contributed by atoms with E-state index >= 15 is 0 Å². The fraction of sp³-hybridized carbons (Fsp3) is 0.467. The molecule has 1 saturated carbocycles. The van der Waals surface area contributed by atoms with Gasteiger partial charge in [0.1, 0.15) is 11.4 Å². The van der Waals surface area contributed by atoms with Crippen LogP contribution in [0.4, 0.5) is 0 Å². The Balaban J connectivity index is 1.72. The highest BCUT2D eigenvalue weighted by Crippen LogP contribution is 2.32. The Kier molecular flexibility index (Phi) is 3.70. The average Bonchev–Trinajstić information content (AvgIpc) is 3.17. The van der Waals surface area contributed by atoms with Gasteiger partial charge in [-0.25, -0.2) is 4.79 Å². The number of benzene rings is 1. The van der Waals surface area contributed by atoms with Crippen molar-refractivity contribution in [2.75, 3.05) is 0 Å². The summed E-state index contributed by atoms with van der Waals surface area (Å²) in [5.41, 5.74) is 1.24. The Morgan fingerprint density at radius 3 is 2.80 bits per heavy atom. The van der Waals surface area contributed by atoms with Gasteiger partial charge in [0.15, 0.2) is 5.44 Å². The zero-order chi connectivity index (χ0) is 14.1. The molecular weight excluding hydrogens is 276 g/mol. The molecule has 2 fully saturated rings. The smallest absolute Gasteiger partial charge is 0.338 e. The summed E-state index contributed by atoms with van der Waals surface area (Å²) in [6, 6.07) is 7.36. The van der Waals surface area contributed by atoms with E-state index in [-0.39, 0.29) is 28.7 Å². The molecular formula is C15H16O4S. The number of hydrogen-bond donors (Lipinski definition) is 0. The lowest BCUT2D eigenvalue weighted by molar-refractivity contribution is -0.141. The van der Waals surface area contributed by atoms with Crippen molar-refractivity contribution in [3.63, 3.8) is 0 Å². The molecule has 1 aromatic carbocycles. The number of carbonyl (C=O) groups is 2. The van der Waals surface area contributed by atoms with Crippen LogP contribution in [-0.2, 0) is 20.7 Å². The van der Waals surface area contributed by atoms with Crippen LogP contribution in [0.3, 0.4) is 0 Å². The van der Waals surface area contributed by atoms with Crippen LogP contribution in [0.25, 0.3) is 0 Å². The Morgan fingerprint density at radius 2 is 2.15 bits per heavy atom. The van der Waals surface area contributed by atoms with Gasteiger partial charge in [-0.2, -0.15) is 0 Å². The highest BCUT2D eigenvalue weighted by atomic mass is 32.2. The van der Waals surface area contributed by atoms with E-state index < -0.39 is 0 Å². The normalized spacial score (nSPS) is 25.4. The first-order valence-corrected chi connectivity index (χ1v) is 7.72. The molecule has 0 N–H and O–H groups in total. The second-order valence-electron chi connectivity index (χ2n) is 5.11. The molecule has 4 nitrogen and oxygen atoms in total. The van der Waals surface area contributed by atoms with Gasteiger partial charge in [0, 0.05) is 6.42 Å². The predicted octanol–water partition coefficient (Wildman–Crippen LogP) is 2.55. The first kappa shape index (κ1) is 13.5. The van der Waals surface area contributed by atoms with E-state index in [9.17, 15) is 9.59 Å². The van der Waals surface area contributed by atoms with E-state index in [2.05, 4.69) is 0 Å². The van der Waals surface area contributed by atoms with Crippen LogP contribution in [-0.4, -0.2) is 28.7 Å². The molecule has 1 aromatic rings. The second kappa shape index (κ2) is 5.48. The minimum Gasteiger partial charge on any atom is -0.459 e. The number of hydrogen-bond acceptors (Lipinski definition) is 5. The van der Waals surface area contributed by atoms with Gasteiger partial charge in [-0.3, -0.25) is 4.79 Å². The van der Waals surface area contributed by atoms with Crippen LogP contribution < -0.4 is 0 Å². The summed E-state index contributed by atoms with van der Waals surface area (Å²) in [6.45, 7) is 1.83. The molecule has 0 unspecified atom stereocenters. The lowest BCUT2D eigenvalue weighted by atomic mass is 10.1. The molecule has 1 heterocycles. The van der Waals surface area contributed by atoms with Crippen molar-refractivity contribution in [1.29, 1.82) is 0 Å².